The second-order valence-electron chi connectivity index (χ2n) is 8.18. The topological polar surface area (TPSA) is 85.3 Å². The lowest BCUT2D eigenvalue weighted by molar-refractivity contribution is -0.139. The number of rotatable bonds is 8. The fourth-order valence-electron chi connectivity index (χ4n) is 4.38. The number of aliphatic hydroxyl groups excluding tert-OH is 1. The van der Waals surface area contributed by atoms with Gasteiger partial charge in [0.2, 0.25) is 0 Å². The fourth-order valence-corrected chi connectivity index (χ4v) is 4.64. The zero-order valence-corrected chi connectivity index (χ0v) is 21.7. The van der Waals surface area contributed by atoms with Gasteiger partial charge in [0.25, 0.3) is 11.7 Å². The summed E-state index contributed by atoms with van der Waals surface area (Å²) in [6.45, 7) is 0.236. The molecular formula is C28H26BrNO6. The van der Waals surface area contributed by atoms with Crippen LogP contribution in [0.15, 0.2) is 76.8 Å². The SMILES string of the molecule is COc1ccc(CCN2C(=O)C(=O)C(=C(O)c3ccc(Br)cc3)[C@H]2c2ccccc2OC)cc1OC. The maximum atomic E-state index is 13.3. The molecule has 4 rings (SSSR count). The summed E-state index contributed by atoms with van der Waals surface area (Å²) in [4.78, 5) is 28.0. The highest BCUT2D eigenvalue weighted by Crippen LogP contribution is 2.42. The first-order valence-electron chi connectivity index (χ1n) is 11.3. The fraction of sp³-hybridized carbons (Fsp3) is 0.214. The average molecular weight is 552 g/mol. The van der Waals surface area contributed by atoms with E-state index in [1.807, 2.05) is 24.3 Å². The molecule has 186 valence electrons. The van der Waals surface area contributed by atoms with Crippen molar-refractivity contribution in [2.45, 2.75) is 12.5 Å². The second kappa shape index (κ2) is 10.9. The molecule has 7 nitrogen and oxygen atoms in total. The third-order valence-electron chi connectivity index (χ3n) is 6.18. The molecule has 3 aromatic carbocycles. The minimum atomic E-state index is -0.815. The first-order valence-corrected chi connectivity index (χ1v) is 12.1. The summed E-state index contributed by atoms with van der Waals surface area (Å²) < 4.78 is 17.1. The average Bonchev–Trinajstić information content (AvgIpc) is 3.16. The third kappa shape index (κ3) is 4.81. The Morgan fingerprint density at radius 2 is 1.56 bits per heavy atom. The molecule has 0 saturated carbocycles. The maximum absolute atomic E-state index is 13.3. The van der Waals surface area contributed by atoms with E-state index < -0.39 is 17.7 Å². The van der Waals surface area contributed by atoms with Gasteiger partial charge in [0.1, 0.15) is 11.5 Å². The van der Waals surface area contributed by atoms with Gasteiger partial charge >= 0.3 is 0 Å². The molecule has 0 unspecified atom stereocenters. The van der Waals surface area contributed by atoms with Gasteiger partial charge in [-0.05, 0) is 42.3 Å². The second-order valence-corrected chi connectivity index (χ2v) is 9.10. The molecule has 1 fully saturated rings. The smallest absolute Gasteiger partial charge is 0.295 e. The number of benzene rings is 3. The van der Waals surface area contributed by atoms with E-state index >= 15 is 0 Å². The lowest BCUT2D eigenvalue weighted by Crippen LogP contribution is -2.31. The summed E-state index contributed by atoms with van der Waals surface area (Å²) in [5.41, 5.74) is 1.99. The van der Waals surface area contributed by atoms with Gasteiger partial charge in [-0.3, -0.25) is 9.59 Å². The van der Waals surface area contributed by atoms with Crippen LogP contribution < -0.4 is 14.2 Å². The van der Waals surface area contributed by atoms with Crippen molar-refractivity contribution in [2.24, 2.45) is 0 Å². The quantitative estimate of drug-likeness (QED) is 0.237. The van der Waals surface area contributed by atoms with Crippen LogP contribution >= 0.6 is 15.9 Å². The minimum Gasteiger partial charge on any atom is -0.507 e. The molecule has 0 spiro atoms. The molecule has 1 aliphatic rings. The zero-order valence-electron chi connectivity index (χ0n) is 20.2. The van der Waals surface area contributed by atoms with E-state index in [1.54, 1.807) is 56.7 Å². The van der Waals surface area contributed by atoms with Crippen LogP contribution in [0.5, 0.6) is 17.2 Å². The van der Waals surface area contributed by atoms with Crippen molar-refractivity contribution in [3.05, 3.63) is 93.5 Å². The minimum absolute atomic E-state index is 0.0270. The number of Topliss-reactive ketones (excluding diaryl/α,β-unsaturated/α-hetero) is 1. The standard InChI is InChI=1S/C28H26BrNO6/c1-34-21-7-5-4-6-20(21)25-24(26(31)18-9-11-19(29)12-10-18)27(32)28(33)30(25)15-14-17-8-13-22(35-2)23(16-17)36-3/h4-13,16,25,31H,14-15H2,1-3H3/t25-/m1/s1. The maximum Gasteiger partial charge on any atom is 0.295 e. The number of nitrogens with zero attached hydrogens (tertiary/aromatic N) is 1. The molecule has 0 bridgehead atoms. The number of amides is 1. The van der Waals surface area contributed by atoms with E-state index in [0.717, 1.165) is 10.0 Å². The van der Waals surface area contributed by atoms with E-state index in [0.29, 0.717) is 34.8 Å². The number of hydrogen-bond donors (Lipinski definition) is 1. The van der Waals surface area contributed by atoms with Crippen LogP contribution in [-0.2, 0) is 16.0 Å². The first kappa shape index (κ1) is 25.3. The first-order chi connectivity index (χ1) is 17.4. The molecule has 1 amide bonds. The van der Waals surface area contributed by atoms with Crippen LogP contribution in [-0.4, -0.2) is 49.6 Å². The van der Waals surface area contributed by atoms with Crippen molar-refractivity contribution < 1.29 is 28.9 Å². The van der Waals surface area contributed by atoms with Gasteiger partial charge < -0.3 is 24.2 Å². The number of ether oxygens (including phenoxy) is 3. The molecule has 3 aromatic rings. The van der Waals surface area contributed by atoms with E-state index in [9.17, 15) is 14.7 Å². The Kier molecular flexibility index (Phi) is 7.64. The largest absolute Gasteiger partial charge is 0.507 e. The molecule has 0 aliphatic carbocycles. The lowest BCUT2D eigenvalue weighted by atomic mass is 9.94. The number of para-hydroxylation sites is 1. The summed E-state index contributed by atoms with van der Waals surface area (Å²) >= 11 is 3.38. The van der Waals surface area contributed by atoms with Gasteiger partial charge in [0.15, 0.2) is 11.5 Å². The Bertz CT molecular complexity index is 1320. The number of carbonyl (C=O) groups is 2. The summed E-state index contributed by atoms with van der Waals surface area (Å²) in [7, 11) is 4.66. The Hall–Kier alpha value is -3.78. The molecule has 1 atom stereocenters. The molecule has 36 heavy (non-hydrogen) atoms. The van der Waals surface area contributed by atoms with Gasteiger partial charge in [-0.1, -0.05) is 52.3 Å². The van der Waals surface area contributed by atoms with E-state index in [-0.39, 0.29) is 17.9 Å². The van der Waals surface area contributed by atoms with Crippen LogP contribution in [0.2, 0.25) is 0 Å². The number of hydrogen-bond acceptors (Lipinski definition) is 6. The molecule has 1 saturated heterocycles. The van der Waals surface area contributed by atoms with Gasteiger partial charge in [0, 0.05) is 22.1 Å². The molecule has 0 aromatic heterocycles. The van der Waals surface area contributed by atoms with Crippen LogP contribution in [0.4, 0.5) is 0 Å². The highest BCUT2D eigenvalue weighted by Gasteiger charge is 2.46. The van der Waals surface area contributed by atoms with Gasteiger partial charge in [-0.25, -0.2) is 0 Å². The van der Waals surface area contributed by atoms with Crippen molar-refractivity contribution >= 4 is 33.4 Å². The highest BCUT2D eigenvalue weighted by atomic mass is 79.9. The number of aliphatic hydroxyl groups is 1. The van der Waals surface area contributed by atoms with Gasteiger partial charge in [0.05, 0.1) is 32.9 Å². The monoisotopic (exact) mass is 551 g/mol. The number of likely N-dealkylation sites (tertiary alicyclic amines) is 1. The third-order valence-corrected chi connectivity index (χ3v) is 6.71. The molecule has 8 heteroatoms. The van der Waals surface area contributed by atoms with E-state index in [1.165, 1.54) is 12.0 Å². The Balaban J connectivity index is 1.77. The summed E-state index contributed by atoms with van der Waals surface area (Å²) in [5.74, 6) is 0.0510. The predicted octanol–water partition coefficient (Wildman–Crippen LogP) is 5.14. The van der Waals surface area contributed by atoms with E-state index in [2.05, 4.69) is 15.9 Å². The molecule has 1 N–H and O–H groups in total. The number of methoxy groups -OCH3 is 3. The molecular weight excluding hydrogens is 526 g/mol. The van der Waals surface area contributed by atoms with Crippen LogP contribution in [0.1, 0.15) is 22.7 Å². The van der Waals surface area contributed by atoms with Gasteiger partial charge in [-0.2, -0.15) is 0 Å². The van der Waals surface area contributed by atoms with Crippen LogP contribution in [0.25, 0.3) is 5.76 Å². The van der Waals surface area contributed by atoms with Crippen LogP contribution in [0, 0.1) is 0 Å². The highest BCUT2D eigenvalue weighted by molar-refractivity contribution is 9.10. The lowest BCUT2D eigenvalue weighted by Gasteiger charge is -2.26. The number of halogens is 1. The van der Waals surface area contributed by atoms with Crippen LogP contribution in [0.3, 0.4) is 0 Å². The zero-order chi connectivity index (χ0) is 25.8. The van der Waals surface area contributed by atoms with Gasteiger partial charge in [-0.15, -0.1) is 0 Å². The normalized spacial score (nSPS) is 16.8. The number of carbonyl (C=O) groups excluding carboxylic acids is 2. The Morgan fingerprint density at radius 3 is 2.22 bits per heavy atom. The van der Waals surface area contributed by atoms with Crippen molar-refractivity contribution in [1.82, 2.24) is 4.90 Å². The Labute approximate surface area is 218 Å². The summed E-state index contributed by atoms with van der Waals surface area (Å²) in [6.07, 6.45) is 0.456. The van der Waals surface area contributed by atoms with Crippen molar-refractivity contribution in [2.75, 3.05) is 27.9 Å². The summed E-state index contributed by atoms with van der Waals surface area (Å²) in [5, 5.41) is 11.2. The molecule has 1 aliphatic heterocycles. The van der Waals surface area contributed by atoms with Crippen molar-refractivity contribution in [1.29, 1.82) is 0 Å². The molecule has 1 heterocycles. The summed E-state index contributed by atoms with van der Waals surface area (Å²) in [6, 6.07) is 18.8. The van der Waals surface area contributed by atoms with Crippen molar-refractivity contribution in [3.8, 4) is 17.2 Å². The van der Waals surface area contributed by atoms with Crippen molar-refractivity contribution in [3.63, 3.8) is 0 Å². The Morgan fingerprint density at radius 1 is 0.889 bits per heavy atom. The number of ketones is 1. The molecule has 0 radical (unpaired) electrons. The van der Waals surface area contributed by atoms with E-state index in [4.69, 9.17) is 14.2 Å². The predicted molar refractivity (Wildman–Crippen MR) is 139 cm³/mol.